The average Bonchev–Trinajstić information content (AvgIpc) is 2.86. The highest BCUT2D eigenvalue weighted by atomic mass is 16.5. The van der Waals surface area contributed by atoms with Gasteiger partial charge >= 0.3 is 0 Å². The van der Waals surface area contributed by atoms with Gasteiger partial charge in [0.15, 0.2) is 0 Å². The Morgan fingerprint density at radius 2 is 2.00 bits per heavy atom. The molecule has 17 heavy (non-hydrogen) atoms. The molecule has 0 saturated carbocycles. The number of rotatable bonds is 1. The van der Waals surface area contributed by atoms with Gasteiger partial charge in [-0.15, -0.1) is 0 Å². The molecule has 3 aliphatic heterocycles. The lowest BCUT2D eigenvalue weighted by molar-refractivity contribution is -0.0253. The van der Waals surface area contributed by atoms with Crippen LogP contribution >= 0.6 is 0 Å². The van der Waals surface area contributed by atoms with Gasteiger partial charge in [-0.2, -0.15) is 0 Å². The fraction of sp³-hybridized carbons (Fsp3) is 0.917. The Morgan fingerprint density at radius 1 is 1.18 bits per heavy atom. The Balaban J connectivity index is 1.58. The van der Waals surface area contributed by atoms with Gasteiger partial charge in [0, 0.05) is 25.7 Å². The minimum Gasteiger partial charge on any atom is -0.378 e. The second kappa shape index (κ2) is 4.92. The van der Waals surface area contributed by atoms with Crippen molar-refractivity contribution in [3.8, 4) is 0 Å². The molecule has 0 aliphatic carbocycles. The Morgan fingerprint density at radius 3 is 2.82 bits per heavy atom. The zero-order valence-corrected chi connectivity index (χ0v) is 10.2. The second-order valence-corrected chi connectivity index (χ2v) is 5.10. The number of hydrogen-bond acceptors (Lipinski definition) is 4. The number of fused-ring (bicyclic) bond motifs is 1. The van der Waals surface area contributed by atoms with Gasteiger partial charge < -0.3 is 14.4 Å². The highest BCUT2D eigenvalue weighted by Gasteiger charge is 2.35. The van der Waals surface area contributed by atoms with Crippen LogP contribution in [0.25, 0.3) is 0 Å². The van der Waals surface area contributed by atoms with E-state index in [1.165, 1.54) is 19.4 Å². The van der Waals surface area contributed by atoms with E-state index in [0.29, 0.717) is 11.9 Å². The first-order chi connectivity index (χ1) is 8.34. The second-order valence-electron chi connectivity index (χ2n) is 5.10. The molecular weight excluding hydrogens is 218 g/mol. The van der Waals surface area contributed by atoms with E-state index in [2.05, 4.69) is 9.80 Å². The van der Waals surface area contributed by atoms with Crippen molar-refractivity contribution >= 4 is 5.84 Å². The average molecular weight is 239 g/mol. The highest BCUT2D eigenvalue weighted by molar-refractivity contribution is 5.84. The third-order valence-corrected chi connectivity index (χ3v) is 4.05. The van der Waals surface area contributed by atoms with E-state index in [4.69, 9.17) is 14.9 Å². The van der Waals surface area contributed by atoms with E-state index in [9.17, 15) is 0 Å². The molecule has 3 aliphatic rings. The predicted octanol–water partition coefficient (Wildman–Crippen LogP) is 0.159. The van der Waals surface area contributed by atoms with Gasteiger partial charge in [0.2, 0.25) is 0 Å². The molecule has 0 spiro atoms. The highest BCUT2D eigenvalue weighted by Crippen LogP contribution is 2.23. The number of ether oxygens (including phenoxy) is 2. The summed E-state index contributed by atoms with van der Waals surface area (Å²) in [4.78, 5) is 4.59. The van der Waals surface area contributed by atoms with E-state index in [-0.39, 0.29) is 6.10 Å². The molecule has 3 saturated heterocycles. The van der Waals surface area contributed by atoms with E-state index in [1.54, 1.807) is 0 Å². The predicted molar refractivity (Wildman–Crippen MR) is 64.5 cm³/mol. The molecule has 0 aromatic heterocycles. The molecule has 1 N–H and O–H groups in total. The minimum atomic E-state index is -0.0255. The molecule has 5 nitrogen and oxygen atoms in total. The fourth-order valence-corrected chi connectivity index (χ4v) is 2.99. The van der Waals surface area contributed by atoms with Gasteiger partial charge in [-0.3, -0.25) is 10.3 Å². The minimum absolute atomic E-state index is 0.0255. The SMILES string of the molecule is N=C(C1CN2CCCC2CO1)N1CCOCC1. The van der Waals surface area contributed by atoms with Gasteiger partial charge in [0.25, 0.3) is 0 Å². The van der Waals surface area contributed by atoms with Crippen molar-refractivity contribution in [2.24, 2.45) is 0 Å². The number of nitrogens with zero attached hydrogens (tertiary/aromatic N) is 2. The quantitative estimate of drug-likeness (QED) is 0.523. The first-order valence-electron chi connectivity index (χ1n) is 6.61. The largest absolute Gasteiger partial charge is 0.378 e. The Hall–Kier alpha value is -0.650. The summed E-state index contributed by atoms with van der Waals surface area (Å²) < 4.78 is 11.2. The van der Waals surface area contributed by atoms with Gasteiger partial charge in [0.05, 0.1) is 19.8 Å². The fourth-order valence-electron chi connectivity index (χ4n) is 2.99. The van der Waals surface area contributed by atoms with Gasteiger partial charge in [-0.1, -0.05) is 0 Å². The van der Waals surface area contributed by atoms with Crippen LogP contribution in [0.5, 0.6) is 0 Å². The molecule has 2 atom stereocenters. The molecule has 0 radical (unpaired) electrons. The lowest BCUT2D eigenvalue weighted by Gasteiger charge is -2.39. The van der Waals surface area contributed by atoms with E-state index >= 15 is 0 Å². The van der Waals surface area contributed by atoms with Crippen molar-refractivity contribution in [2.75, 3.05) is 46.0 Å². The number of hydrogen-bond donors (Lipinski definition) is 1. The van der Waals surface area contributed by atoms with Crippen molar-refractivity contribution in [3.63, 3.8) is 0 Å². The van der Waals surface area contributed by atoms with Crippen LogP contribution < -0.4 is 0 Å². The smallest absolute Gasteiger partial charge is 0.127 e. The van der Waals surface area contributed by atoms with Crippen LogP contribution in [0.1, 0.15) is 12.8 Å². The third kappa shape index (κ3) is 2.32. The summed E-state index contributed by atoms with van der Waals surface area (Å²) in [6.07, 6.45) is 2.52. The summed E-state index contributed by atoms with van der Waals surface area (Å²) in [5, 5.41) is 8.25. The molecule has 0 amide bonds. The normalized spacial score (nSPS) is 34.7. The van der Waals surface area contributed by atoms with Crippen LogP contribution in [0.3, 0.4) is 0 Å². The molecule has 5 heteroatoms. The van der Waals surface area contributed by atoms with Crippen LogP contribution in [-0.4, -0.2) is 73.8 Å². The number of morpholine rings is 2. The van der Waals surface area contributed by atoms with Crippen LogP contribution in [0.4, 0.5) is 0 Å². The summed E-state index contributed by atoms with van der Waals surface area (Å²) in [5.74, 6) is 0.652. The van der Waals surface area contributed by atoms with Crippen LogP contribution in [0, 0.1) is 5.41 Å². The Bertz CT molecular complexity index is 291. The summed E-state index contributed by atoms with van der Waals surface area (Å²) in [7, 11) is 0. The lowest BCUT2D eigenvalue weighted by atomic mass is 10.1. The van der Waals surface area contributed by atoms with Crippen molar-refractivity contribution in [1.29, 1.82) is 5.41 Å². The van der Waals surface area contributed by atoms with Gasteiger partial charge in [-0.25, -0.2) is 0 Å². The summed E-state index contributed by atoms with van der Waals surface area (Å²) in [5.41, 5.74) is 0. The topological polar surface area (TPSA) is 48.8 Å². The zero-order valence-electron chi connectivity index (χ0n) is 10.2. The molecule has 3 rings (SSSR count). The van der Waals surface area contributed by atoms with Gasteiger partial charge in [-0.05, 0) is 19.4 Å². The van der Waals surface area contributed by atoms with E-state index in [0.717, 1.165) is 39.5 Å². The molecule has 0 aromatic rings. The van der Waals surface area contributed by atoms with Crippen molar-refractivity contribution in [2.45, 2.75) is 25.0 Å². The lowest BCUT2D eigenvalue weighted by Crippen LogP contribution is -2.54. The van der Waals surface area contributed by atoms with E-state index in [1.807, 2.05) is 0 Å². The maximum Gasteiger partial charge on any atom is 0.127 e. The Kier molecular flexibility index (Phi) is 3.31. The van der Waals surface area contributed by atoms with Crippen molar-refractivity contribution < 1.29 is 9.47 Å². The first-order valence-corrected chi connectivity index (χ1v) is 6.61. The Labute approximate surface area is 102 Å². The van der Waals surface area contributed by atoms with Crippen molar-refractivity contribution in [3.05, 3.63) is 0 Å². The molecule has 96 valence electrons. The third-order valence-electron chi connectivity index (χ3n) is 4.05. The standard InChI is InChI=1S/C12H21N3O2/c13-12(14-4-6-16-7-5-14)11-8-15-3-1-2-10(15)9-17-11/h10-11,13H,1-9H2. The molecule has 0 aromatic carbocycles. The van der Waals surface area contributed by atoms with Gasteiger partial charge in [0.1, 0.15) is 11.9 Å². The van der Waals surface area contributed by atoms with Crippen LogP contribution in [0.15, 0.2) is 0 Å². The zero-order chi connectivity index (χ0) is 11.7. The molecule has 3 fully saturated rings. The molecule has 3 heterocycles. The summed E-state index contributed by atoms with van der Waals surface area (Å²) >= 11 is 0. The summed E-state index contributed by atoms with van der Waals surface area (Å²) in [6, 6.07) is 0.615. The molecular formula is C12H21N3O2. The number of nitrogens with one attached hydrogen (secondary N) is 1. The van der Waals surface area contributed by atoms with Crippen LogP contribution in [0.2, 0.25) is 0 Å². The molecule has 0 bridgehead atoms. The summed E-state index contributed by atoms with van der Waals surface area (Å²) in [6.45, 7) is 6.03. The number of amidine groups is 1. The first kappa shape index (κ1) is 11.4. The molecule has 2 unspecified atom stereocenters. The van der Waals surface area contributed by atoms with Crippen molar-refractivity contribution in [1.82, 2.24) is 9.80 Å². The van der Waals surface area contributed by atoms with Crippen LogP contribution in [-0.2, 0) is 9.47 Å². The maximum atomic E-state index is 8.25. The monoisotopic (exact) mass is 239 g/mol. The maximum absolute atomic E-state index is 8.25. The van der Waals surface area contributed by atoms with E-state index < -0.39 is 0 Å².